The van der Waals surface area contributed by atoms with Crippen LogP contribution in [0, 0.1) is 0 Å². The highest BCUT2D eigenvalue weighted by atomic mass is 35.5. The predicted octanol–water partition coefficient (Wildman–Crippen LogP) is 3.47. The Hall–Kier alpha value is -2.13. The summed E-state index contributed by atoms with van der Waals surface area (Å²) in [6.07, 6.45) is 0. The quantitative estimate of drug-likeness (QED) is 0.519. The van der Waals surface area contributed by atoms with Crippen molar-refractivity contribution in [1.29, 1.82) is 0 Å². The van der Waals surface area contributed by atoms with Crippen LogP contribution in [0.15, 0.2) is 64.8 Å². The van der Waals surface area contributed by atoms with E-state index < -0.39 is 0 Å². The van der Waals surface area contributed by atoms with Crippen LogP contribution in [0.5, 0.6) is 0 Å². The maximum atomic E-state index is 5.87. The monoisotopic (exact) mass is 271 g/mol. The summed E-state index contributed by atoms with van der Waals surface area (Å²) in [5.41, 5.74) is 8.51. The van der Waals surface area contributed by atoms with Crippen molar-refractivity contribution < 1.29 is 0 Å². The van der Waals surface area contributed by atoms with E-state index in [4.69, 9.17) is 17.3 Å². The predicted molar refractivity (Wildman–Crippen MR) is 80.8 cm³/mol. The van der Waals surface area contributed by atoms with Crippen LogP contribution >= 0.6 is 11.6 Å². The highest BCUT2D eigenvalue weighted by Crippen LogP contribution is 2.09. The summed E-state index contributed by atoms with van der Waals surface area (Å²) in [5, 5.41) is 8.85. The van der Waals surface area contributed by atoms with Gasteiger partial charge in [-0.25, -0.2) is 0 Å². The summed E-state index contributed by atoms with van der Waals surface area (Å²) < 4.78 is 0. The maximum Gasteiger partial charge on any atom is 0.153 e. The average Bonchev–Trinajstić information content (AvgIpc) is 2.46. The van der Waals surface area contributed by atoms with E-state index in [1.165, 1.54) is 0 Å². The number of nitrogens with two attached hydrogens (primary N) is 1. The van der Waals surface area contributed by atoms with Gasteiger partial charge in [-0.05, 0) is 36.8 Å². The molecule has 0 heterocycles. The number of rotatable bonds is 3. The van der Waals surface area contributed by atoms with Crippen LogP contribution in [0.2, 0.25) is 5.02 Å². The van der Waals surface area contributed by atoms with Gasteiger partial charge in [0.1, 0.15) is 0 Å². The van der Waals surface area contributed by atoms with Crippen LogP contribution < -0.4 is 5.73 Å². The molecule has 0 spiro atoms. The second-order valence-electron chi connectivity index (χ2n) is 4.04. The van der Waals surface area contributed by atoms with E-state index in [1.54, 1.807) is 12.1 Å². The van der Waals surface area contributed by atoms with Crippen molar-refractivity contribution in [3.63, 3.8) is 0 Å². The molecule has 2 rings (SSSR count). The number of halogens is 1. The second kappa shape index (κ2) is 6.16. The van der Waals surface area contributed by atoms with Crippen LogP contribution in [0.1, 0.15) is 18.1 Å². The van der Waals surface area contributed by atoms with Gasteiger partial charge in [-0.2, -0.15) is 5.10 Å². The van der Waals surface area contributed by atoms with E-state index in [2.05, 4.69) is 10.2 Å². The summed E-state index contributed by atoms with van der Waals surface area (Å²) in [6.45, 7) is 1.90. The molecule has 3 nitrogen and oxygen atoms in total. The minimum Gasteiger partial charge on any atom is -0.382 e. The fourth-order valence-corrected chi connectivity index (χ4v) is 1.67. The summed E-state index contributed by atoms with van der Waals surface area (Å²) >= 11 is 5.82. The van der Waals surface area contributed by atoms with E-state index in [9.17, 15) is 0 Å². The Labute approximate surface area is 117 Å². The van der Waals surface area contributed by atoms with Crippen molar-refractivity contribution in [2.45, 2.75) is 6.92 Å². The van der Waals surface area contributed by atoms with Gasteiger partial charge in [-0.3, -0.25) is 0 Å². The lowest BCUT2D eigenvalue weighted by Crippen LogP contribution is -2.12. The van der Waals surface area contributed by atoms with Gasteiger partial charge >= 0.3 is 0 Å². The molecule has 0 aliphatic carbocycles. The van der Waals surface area contributed by atoms with Gasteiger partial charge in [0, 0.05) is 10.6 Å². The molecule has 0 radical (unpaired) electrons. The Kier molecular flexibility index (Phi) is 4.31. The normalized spacial score (nSPS) is 12.5. The van der Waals surface area contributed by atoms with Crippen LogP contribution in [0.25, 0.3) is 0 Å². The van der Waals surface area contributed by atoms with Crippen molar-refractivity contribution >= 4 is 23.1 Å². The SMILES string of the molecule is C/C(=N\N=C(\N)c1ccc(Cl)cc1)c1ccccc1. The minimum absolute atomic E-state index is 0.368. The Bertz CT molecular complexity index is 601. The molecule has 0 saturated carbocycles. The molecule has 0 fully saturated rings. The molecule has 0 aliphatic rings. The zero-order chi connectivity index (χ0) is 13.7. The van der Waals surface area contributed by atoms with Gasteiger partial charge < -0.3 is 5.73 Å². The van der Waals surface area contributed by atoms with Crippen LogP contribution in [-0.4, -0.2) is 11.5 Å². The highest BCUT2D eigenvalue weighted by molar-refractivity contribution is 6.30. The van der Waals surface area contributed by atoms with E-state index in [0.717, 1.165) is 16.8 Å². The second-order valence-corrected chi connectivity index (χ2v) is 4.48. The maximum absolute atomic E-state index is 5.87. The van der Waals surface area contributed by atoms with Crippen LogP contribution in [0.4, 0.5) is 0 Å². The van der Waals surface area contributed by atoms with Crippen molar-refractivity contribution in [2.24, 2.45) is 15.9 Å². The Morgan fingerprint density at radius 1 is 0.895 bits per heavy atom. The molecular formula is C15H14ClN3. The molecule has 0 unspecified atom stereocenters. The molecule has 2 aromatic carbocycles. The third kappa shape index (κ3) is 3.66. The Morgan fingerprint density at radius 3 is 2.16 bits per heavy atom. The number of benzene rings is 2. The van der Waals surface area contributed by atoms with E-state index in [-0.39, 0.29) is 0 Å². The van der Waals surface area contributed by atoms with Gasteiger partial charge in [0.2, 0.25) is 0 Å². The lowest BCUT2D eigenvalue weighted by Gasteiger charge is -2.00. The first-order valence-corrected chi connectivity index (χ1v) is 6.23. The molecule has 0 aromatic heterocycles. The average molecular weight is 272 g/mol. The highest BCUT2D eigenvalue weighted by Gasteiger charge is 1.99. The molecular weight excluding hydrogens is 258 g/mol. The van der Waals surface area contributed by atoms with Crippen molar-refractivity contribution in [1.82, 2.24) is 0 Å². The fourth-order valence-electron chi connectivity index (χ4n) is 1.54. The van der Waals surface area contributed by atoms with Gasteiger partial charge in [0.15, 0.2) is 5.84 Å². The van der Waals surface area contributed by atoms with Gasteiger partial charge in [0.25, 0.3) is 0 Å². The third-order valence-corrected chi connectivity index (χ3v) is 2.89. The molecule has 96 valence electrons. The van der Waals surface area contributed by atoms with E-state index in [0.29, 0.717) is 10.9 Å². The topological polar surface area (TPSA) is 50.7 Å². The van der Waals surface area contributed by atoms with Crippen molar-refractivity contribution in [3.8, 4) is 0 Å². The van der Waals surface area contributed by atoms with E-state index in [1.807, 2.05) is 49.4 Å². The molecule has 0 saturated heterocycles. The summed E-state index contributed by atoms with van der Waals surface area (Å²) in [4.78, 5) is 0. The molecule has 2 aromatic rings. The number of hydrogen-bond acceptors (Lipinski definition) is 2. The van der Waals surface area contributed by atoms with Gasteiger partial charge in [-0.1, -0.05) is 41.9 Å². The molecule has 4 heteroatoms. The third-order valence-electron chi connectivity index (χ3n) is 2.64. The fraction of sp³-hybridized carbons (Fsp3) is 0.0667. The van der Waals surface area contributed by atoms with Crippen LogP contribution in [0.3, 0.4) is 0 Å². The largest absolute Gasteiger partial charge is 0.382 e. The number of nitrogens with zero attached hydrogens (tertiary/aromatic N) is 2. The number of hydrogen-bond donors (Lipinski definition) is 1. The minimum atomic E-state index is 0.368. The van der Waals surface area contributed by atoms with E-state index >= 15 is 0 Å². The lowest BCUT2D eigenvalue weighted by atomic mass is 10.1. The summed E-state index contributed by atoms with van der Waals surface area (Å²) in [5.74, 6) is 0.368. The summed E-state index contributed by atoms with van der Waals surface area (Å²) in [7, 11) is 0. The molecule has 0 bridgehead atoms. The molecule has 0 amide bonds. The summed E-state index contributed by atoms with van der Waals surface area (Å²) in [6, 6.07) is 17.0. The zero-order valence-corrected chi connectivity index (χ0v) is 11.3. The lowest BCUT2D eigenvalue weighted by molar-refractivity contribution is 1.21. The van der Waals surface area contributed by atoms with Gasteiger partial charge in [0.05, 0.1) is 5.71 Å². The Morgan fingerprint density at radius 2 is 1.53 bits per heavy atom. The van der Waals surface area contributed by atoms with Crippen molar-refractivity contribution in [3.05, 3.63) is 70.7 Å². The molecule has 0 atom stereocenters. The number of amidine groups is 1. The Balaban J connectivity index is 2.20. The van der Waals surface area contributed by atoms with Crippen LogP contribution in [-0.2, 0) is 0 Å². The smallest absolute Gasteiger partial charge is 0.153 e. The van der Waals surface area contributed by atoms with Gasteiger partial charge in [-0.15, -0.1) is 5.10 Å². The standard InChI is InChI=1S/C15H14ClN3/c1-11(12-5-3-2-4-6-12)18-19-15(17)13-7-9-14(16)10-8-13/h2-10H,1H3,(H2,17,19)/b18-11+. The first-order chi connectivity index (χ1) is 9.16. The molecule has 2 N–H and O–H groups in total. The first-order valence-electron chi connectivity index (χ1n) is 5.86. The van der Waals surface area contributed by atoms with Crippen molar-refractivity contribution in [2.75, 3.05) is 0 Å². The molecule has 19 heavy (non-hydrogen) atoms. The first kappa shape index (κ1) is 13.3. The zero-order valence-electron chi connectivity index (χ0n) is 10.5. The molecule has 0 aliphatic heterocycles.